The third kappa shape index (κ3) is 13.7. The van der Waals surface area contributed by atoms with Gasteiger partial charge in [0, 0.05) is 53.6 Å². The summed E-state index contributed by atoms with van der Waals surface area (Å²) in [7, 11) is 0. The molecule has 1 rings (SSSR count). The molecule has 12 nitrogen and oxygen atoms in total. The number of carbonyl (C=O) groups is 3. The van der Waals surface area contributed by atoms with Gasteiger partial charge < -0.3 is 30.2 Å². The lowest BCUT2D eigenvalue weighted by Gasteiger charge is -2.26. The SMILES string of the molecule is C=CC(=O)OCC(C)(C)CNc1nc(NCC(C)(C)COC(=O)C=C)nc(NCC(C)(C)COC(=O)C(=C)C)n1. The number of carbonyl (C=O) groups excluding carboxylic acids is 3. The molecular formula is C28H44N6O6. The molecular weight excluding hydrogens is 516 g/mol. The number of anilines is 3. The molecule has 0 aromatic carbocycles. The average Bonchev–Trinajstić information content (AvgIpc) is 2.90. The van der Waals surface area contributed by atoms with Gasteiger partial charge in [-0.3, -0.25) is 0 Å². The zero-order valence-corrected chi connectivity index (χ0v) is 24.8. The van der Waals surface area contributed by atoms with Crippen LogP contribution in [0.25, 0.3) is 0 Å². The Morgan fingerprint density at radius 3 is 1.25 bits per heavy atom. The first kappa shape index (κ1) is 34.1. The summed E-state index contributed by atoms with van der Waals surface area (Å²) in [5.41, 5.74) is -0.971. The molecule has 0 aliphatic rings. The summed E-state index contributed by atoms with van der Waals surface area (Å²) in [5.74, 6) is -0.551. The second-order valence-corrected chi connectivity index (χ2v) is 11.8. The summed E-state index contributed by atoms with van der Waals surface area (Å²) in [6.07, 6.45) is 2.23. The highest BCUT2D eigenvalue weighted by molar-refractivity contribution is 5.86. The molecule has 0 saturated heterocycles. The van der Waals surface area contributed by atoms with Crippen molar-refractivity contribution in [3.05, 3.63) is 37.5 Å². The van der Waals surface area contributed by atoms with Gasteiger partial charge in [0.15, 0.2) is 0 Å². The van der Waals surface area contributed by atoms with E-state index in [1.165, 1.54) is 0 Å². The Balaban J connectivity index is 3.03. The number of nitrogens with one attached hydrogen (secondary N) is 3. The van der Waals surface area contributed by atoms with Gasteiger partial charge in [0.2, 0.25) is 17.8 Å². The molecule has 0 saturated carbocycles. The largest absolute Gasteiger partial charge is 0.462 e. The molecule has 12 heteroatoms. The van der Waals surface area contributed by atoms with Crippen molar-refractivity contribution in [3.63, 3.8) is 0 Å². The molecule has 40 heavy (non-hydrogen) atoms. The van der Waals surface area contributed by atoms with Crippen LogP contribution < -0.4 is 16.0 Å². The summed E-state index contributed by atoms with van der Waals surface area (Å²) in [4.78, 5) is 48.2. The summed E-state index contributed by atoms with van der Waals surface area (Å²) >= 11 is 0. The van der Waals surface area contributed by atoms with Crippen LogP contribution in [0.15, 0.2) is 37.5 Å². The van der Waals surface area contributed by atoms with E-state index in [0.717, 1.165) is 12.2 Å². The van der Waals surface area contributed by atoms with Crippen LogP contribution in [0.3, 0.4) is 0 Å². The van der Waals surface area contributed by atoms with E-state index < -0.39 is 34.2 Å². The number of hydrogen-bond acceptors (Lipinski definition) is 12. The minimum absolute atomic E-state index is 0.168. The van der Waals surface area contributed by atoms with Crippen LogP contribution in [0.1, 0.15) is 48.5 Å². The maximum atomic E-state index is 11.8. The van der Waals surface area contributed by atoms with Crippen molar-refractivity contribution in [2.75, 3.05) is 55.4 Å². The second kappa shape index (κ2) is 15.0. The standard InChI is InChI=1S/C28H44N6O6/c1-11-20(35)38-16-26(5,6)13-29-23-32-24(30-14-27(7,8)17-39-21(36)12-2)34-25(33-23)31-15-28(9,10)18-40-22(37)19(3)4/h11-12H,1-3,13-18H2,4-10H3,(H3,29,30,31,32,33,34). The van der Waals surface area contributed by atoms with E-state index in [4.69, 9.17) is 14.2 Å². The normalized spacial score (nSPS) is 11.6. The molecule has 222 valence electrons. The highest BCUT2D eigenvalue weighted by Gasteiger charge is 2.24. The fourth-order valence-electron chi connectivity index (χ4n) is 2.76. The van der Waals surface area contributed by atoms with E-state index in [1.54, 1.807) is 6.92 Å². The summed E-state index contributed by atoms with van der Waals surface area (Å²) in [5, 5.41) is 9.56. The predicted molar refractivity (Wildman–Crippen MR) is 155 cm³/mol. The van der Waals surface area contributed by atoms with Gasteiger partial charge in [-0.05, 0) is 6.92 Å². The summed E-state index contributed by atoms with van der Waals surface area (Å²) in [6, 6.07) is 0. The predicted octanol–water partition coefficient (Wildman–Crippen LogP) is 3.76. The van der Waals surface area contributed by atoms with Gasteiger partial charge in [-0.1, -0.05) is 61.3 Å². The quantitative estimate of drug-likeness (QED) is 0.136. The summed E-state index contributed by atoms with van der Waals surface area (Å²) in [6.45, 7) is 25.3. The molecule has 0 atom stereocenters. The minimum Gasteiger partial charge on any atom is -0.462 e. The average molecular weight is 561 g/mol. The third-order valence-corrected chi connectivity index (χ3v) is 5.30. The molecule has 3 N–H and O–H groups in total. The molecule has 0 unspecified atom stereocenters. The number of hydrogen-bond donors (Lipinski definition) is 3. The van der Waals surface area contributed by atoms with Gasteiger partial charge >= 0.3 is 17.9 Å². The van der Waals surface area contributed by atoms with E-state index in [0.29, 0.717) is 43.1 Å². The molecule has 1 aromatic heterocycles. The number of nitrogens with zero attached hydrogens (tertiary/aromatic N) is 3. The van der Waals surface area contributed by atoms with Crippen LogP contribution in [0.4, 0.5) is 17.8 Å². The highest BCUT2D eigenvalue weighted by atomic mass is 16.5. The van der Waals surface area contributed by atoms with Gasteiger partial charge in [-0.15, -0.1) is 0 Å². The zero-order valence-electron chi connectivity index (χ0n) is 24.8. The van der Waals surface area contributed by atoms with Gasteiger partial charge in [0.05, 0.1) is 19.8 Å². The van der Waals surface area contributed by atoms with Crippen molar-refractivity contribution in [2.45, 2.75) is 48.5 Å². The molecule has 0 spiro atoms. The first-order valence-corrected chi connectivity index (χ1v) is 12.9. The van der Waals surface area contributed by atoms with Crippen molar-refractivity contribution in [1.29, 1.82) is 0 Å². The maximum Gasteiger partial charge on any atom is 0.333 e. The fourth-order valence-corrected chi connectivity index (χ4v) is 2.76. The molecule has 0 aliphatic heterocycles. The fraction of sp³-hybridized carbons (Fsp3) is 0.571. The monoisotopic (exact) mass is 560 g/mol. The van der Waals surface area contributed by atoms with Crippen LogP contribution >= 0.6 is 0 Å². The van der Waals surface area contributed by atoms with E-state index in [9.17, 15) is 14.4 Å². The van der Waals surface area contributed by atoms with E-state index in [2.05, 4.69) is 50.6 Å². The van der Waals surface area contributed by atoms with Crippen LogP contribution in [-0.4, -0.2) is 72.3 Å². The number of aromatic nitrogens is 3. The van der Waals surface area contributed by atoms with E-state index in [1.807, 2.05) is 41.5 Å². The molecule has 1 aromatic rings. The topological polar surface area (TPSA) is 154 Å². The number of esters is 3. The molecule has 0 bridgehead atoms. The Bertz CT molecular complexity index is 1020. The van der Waals surface area contributed by atoms with Gasteiger partial charge in [0.25, 0.3) is 0 Å². The zero-order chi connectivity index (χ0) is 30.6. The van der Waals surface area contributed by atoms with Crippen molar-refractivity contribution in [1.82, 2.24) is 15.0 Å². The Kier molecular flexibility index (Phi) is 12.8. The molecule has 1 heterocycles. The lowest BCUT2D eigenvalue weighted by atomic mass is 9.95. The highest BCUT2D eigenvalue weighted by Crippen LogP contribution is 2.21. The van der Waals surface area contributed by atoms with Crippen LogP contribution in [0.2, 0.25) is 0 Å². The molecule has 0 aliphatic carbocycles. The van der Waals surface area contributed by atoms with E-state index >= 15 is 0 Å². The molecule has 0 radical (unpaired) electrons. The Morgan fingerprint density at radius 1 is 0.675 bits per heavy atom. The van der Waals surface area contributed by atoms with Crippen molar-refractivity contribution in [3.8, 4) is 0 Å². The van der Waals surface area contributed by atoms with Gasteiger partial charge in [-0.2, -0.15) is 15.0 Å². The molecule has 0 amide bonds. The van der Waals surface area contributed by atoms with Gasteiger partial charge in [0.1, 0.15) is 0 Å². The third-order valence-electron chi connectivity index (χ3n) is 5.30. The van der Waals surface area contributed by atoms with Crippen LogP contribution in [-0.2, 0) is 28.6 Å². The first-order valence-electron chi connectivity index (χ1n) is 12.9. The summed E-state index contributed by atoms with van der Waals surface area (Å²) < 4.78 is 15.7. The Morgan fingerprint density at radius 2 is 0.975 bits per heavy atom. The van der Waals surface area contributed by atoms with Crippen LogP contribution in [0, 0.1) is 16.2 Å². The minimum atomic E-state index is -0.496. The van der Waals surface area contributed by atoms with Gasteiger partial charge in [-0.25, -0.2) is 14.4 Å². The van der Waals surface area contributed by atoms with E-state index in [-0.39, 0.29) is 19.8 Å². The smallest absolute Gasteiger partial charge is 0.333 e. The lowest BCUT2D eigenvalue weighted by molar-refractivity contribution is -0.142. The lowest BCUT2D eigenvalue weighted by Crippen LogP contribution is -2.32. The second-order valence-electron chi connectivity index (χ2n) is 11.8. The Hall–Kier alpha value is -3.96. The van der Waals surface area contributed by atoms with Crippen molar-refractivity contribution in [2.24, 2.45) is 16.2 Å². The van der Waals surface area contributed by atoms with Crippen molar-refractivity contribution < 1.29 is 28.6 Å². The first-order chi connectivity index (χ1) is 18.5. The molecule has 0 fully saturated rings. The maximum absolute atomic E-state index is 11.8. The van der Waals surface area contributed by atoms with Crippen molar-refractivity contribution >= 4 is 35.8 Å². The Labute approximate surface area is 237 Å². The van der Waals surface area contributed by atoms with Crippen LogP contribution in [0.5, 0.6) is 0 Å². The number of rotatable bonds is 18. The number of ether oxygens (including phenoxy) is 3.